The third-order valence-corrected chi connectivity index (χ3v) is 5.44. The van der Waals surface area contributed by atoms with Gasteiger partial charge in [0.05, 0.1) is 0 Å². The Morgan fingerprint density at radius 3 is 1.30 bits per heavy atom. The van der Waals surface area contributed by atoms with Crippen molar-refractivity contribution in [3.8, 4) is 0 Å². The Hall–Kier alpha value is -2.17. The summed E-state index contributed by atoms with van der Waals surface area (Å²) in [5.41, 5.74) is 15.4. The van der Waals surface area contributed by atoms with Crippen molar-refractivity contribution in [1.29, 1.82) is 0 Å². The van der Waals surface area contributed by atoms with Crippen molar-refractivity contribution >= 4 is 27.7 Å². The fraction of sp³-hybridized carbons (Fsp3) is 0.143. The Balaban J connectivity index is -0.00000115. The molecule has 0 spiro atoms. The van der Waals surface area contributed by atoms with Crippen LogP contribution in [0.15, 0.2) is 121 Å². The van der Waals surface area contributed by atoms with Crippen molar-refractivity contribution in [1.82, 2.24) is 0 Å². The second kappa shape index (κ2) is 19.8. The van der Waals surface area contributed by atoms with Gasteiger partial charge in [0.25, 0.3) is 0 Å². The molecule has 0 aliphatic heterocycles. The van der Waals surface area contributed by atoms with E-state index in [0.29, 0.717) is 0 Å². The minimum atomic E-state index is -0.250. The van der Waals surface area contributed by atoms with E-state index in [4.69, 9.17) is 5.73 Å². The van der Waals surface area contributed by atoms with Crippen LogP contribution in [0.1, 0.15) is 48.9 Å². The summed E-state index contributed by atoms with van der Waals surface area (Å²) >= 11 is 0. The first kappa shape index (κ1) is 42.3. The average Bonchev–Trinajstić information content (AvgIpc) is 3.26. The molecule has 0 fully saturated rings. The van der Waals surface area contributed by atoms with Crippen LogP contribution in [-0.4, -0.2) is 16.5 Å². The van der Waals surface area contributed by atoms with Crippen molar-refractivity contribution in [3.05, 3.63) is 170 Å². The van der Waals surface area contributed by atoms with E-state index in [-0.39, 0.29) is 83.8 Å². The number of halogens is 2. The largest absolute Gasteiger partial charge is 2.00 e. The molecule has 0 bridgehead atoms. The topological polar surface area (TPSA) is 23.8 Å². The summed E-state index contributed by atoms with van der Waals surface area (Å²) in [4.78, 5) is 0. The molecule has 5 rings (SSSR count). The van der Waals surface area contributed by atoms with Crippen molar-refractivity contribution in [2.24, 2.45) is 0 Å². The van der Waals surface area contributed by atoms with Gasteiger partial charge in [0, 0.05) is 0 Å². The number of rotatable bonds is 4. The van der Waals surface area contributed by atoms with Crippen LogP contribution in [0.2, 0.25) is 0 Å². The first-order chi connectivity index (χ1) is 16.4. The summed E-state index contributed by atoms with van der Waals surface area (Å²) in [6.07, 6.45) is 3.86. The molecule has 5 heteroatoms. The van der Waals surface area contributed by atoms with Gasteiger partial charge in [0.1, 0.15) is 0 Å². The van der Waals surface area contributed by atoms with E-state index in [1.54, 1.807) is 0 Å². The van der Waals surface area contributed by atoms with E-state index >= 15 is 0 Å². The smallest absolute Gasteiger partial charge is 1.00 e. The fourth-order valence-corrected chi connectivity index (χ4v) is 4.13. The summed E-state index contributed by atoms with van der Waals surface area (Å²) in [6.45, 7) is 5.56. The maximum Gasteiger partial charge on any atom is 2.00 e. The summed E-state index contributed by atoms with van der Waals surface area (Å²) in [7, 11) is 0. The Labute approximate surface area is 275 Å². The van der Waals surface area contributed by atoms with E-state index in [0.717, 1.165) is 0 Å². The third-order valence-electron chi connectivity index (χ3n) is 5.44. The molecule has 0 radical (unpaired) electrons. The SMILES string of the molecule is CC(C)(C)[NH-].[C-]1=C(c2ccccc2)C(c2ccccc2)=C(c2ccccc2)C1c1ccccc1.[CH3-].[CH3-].[Cl-].[Cl-].[SiH4].[Ti+2]. The van der Waals surface area contributed by atoms with Gasteiger partial charge in [0.2, 0.25) is 0 Å². The van der Waals surface area contributed by atoms with E-state index < -0.39 is 0 Å². The first-order valence-electron chi connectivity index (χ1n) is 11.8. The number of allylic oxidation sites excluding steroid dienone is 4. The zero-order valence-corrected chi connectivity index (χ0v) is 26.5. The molecule has 40 heavy (non-hydrogen) atoms. The van der Waals surface area contributed by atoms with Crippen LogP contribution in [0.25, 0.3) is 22.5 Å². The maximum atomic E-state index is 6.94. The normalized spacial score (nSPS) is 13.1. The number of hydrogen-bond acceptors (Lipinski definition) is 0. The minimum Gasteiger partial charge on any atom is -1.00 e. The number of nitrogens with one attached hydrogen (secondary N) is 1. The second-order valence-corrected chi connectivity index (χ2v) is 9.50. The molecule has 0 saturated heterocycles. The van der Waals surface area contributed by atoms with E-state index in [1.165, 1.54) is 39.0 Å². The van der Waals surface area contributed by atoms with Gasteiger partial charge in [-0.3, -0.25) is 0 Å². The van der Waals surface area contributed by atoms with Gasteiger partial charge in [-0.05, 0) is 28.0 Å². The van der Waals surface area contributed by atoms with Gasteiger partial charge in [0.15, 0.2) is 0 Å². The molecule has 1 aliphatic carbocycles. The molecule has 4 aromatic carbocycles. The van der Waals surface area contributed by atoms with Crippen LogP contribution in [0, 0.1) is 20.9 Å². The molecule has 212 valence electrons. The average molecular weight is 623 g/mol. The summed E-state index contributed by atoms with van der Waals surface area (Å²) in [6, 6.07) is 42.8. The first-order valence-corrected chi connectivity index (χ1v) is 11.8. The van der Waals surface area contributed by atoms with Crippen LogP contribution in [0.5, 0.6) is 0 Å². The van der Waals surface area contributed by atoms with Crippen molar-refractivity contribution in [3.63, 3.8) is 0 Å². The van der Waals surface area contributed by atoms with Gasteiger partial charge in [-0.2, -0.15) is 11.6 Å². The molecule has 4 aromatic rings. The van der Waals surface area contributed by atoms with Crippen LogP contribution in [0.3, 0.4) is 0 Å². The minimum absolute atomic E-state index is 0. The molecule has 0 amide bonds. The molecule has 1 aliphatic rings. The molecule has 0 saturated carbocycles. The quantitative estimate of drug-likeness (QED) is 0.247. The van der Waals surface area contributed by atoms with Crippen molar-refractivity contribution in [2.45, 2.75) is 32.2 Å². The molecular formula is C35H41Cl2NSiTi-4. The van der Waals surface area contributed by atoms with Gasteiger partial charge in [-0.1, -0.05) is 141 Å². The predicted octanol–water partition coefficient (Wildman–Crippen LogP) is 2.57. The Bertz CT molecular complexity index is 1260. The molecule has 1 atom stereocenters. The monoisotopic (exact) mass is 621 g/mol. The zero-order valence-electron chi connectivity index (χ0n) is 23.4. The van der Waals surface area contributed by atoms with E-state index in [9.17, 15) is 0 Å². The van der Waals surface area contributed by atoms with Crippen LogP contribution in [0.4, 0.5) is 0 Å². The fourth-order valence-electron chi connectivity index (χ4n) is 4.13. The Morgan fingerprint density at radius 1 is 0.575 bits per heavy atom. The molecule has 0 heterocycles. The van der Waals surface area contributed by atoms with Gasteiger partial charge in [-0.25, -0.2) is 0 Å². The molecular weight excluding hydrogens is 581 g/mol. The van der Waals surface area contributed by atoms with Crippen LogP contribution < -0.4 is 24.8 Å². The maximum absolute atomic E-state index is 6.94. The van der Waals surface area contributed by atoms with Crippen LogP contribution in [-0.2, 0) is 21.7 Å². The molecule has 0 aromatic heterocycles. The summed E-state index contributed by atoms with van der Waals surface area (Å²) < 4.78 is 0. The Morgan fingerprint density at radius 2 is 0.900 bits per heavy atom. The molecule has 1 nitrogen and oxygen atoms in total. The third kappa shape index (κ3) is 11.4. The second-order valence-electron chi connectivity index (χ2n) is 9.50. The Kier molecular flexibility index (Phi) is 21.0. The van der Waals surface area contributed by atoms with E-state index in [2.05, 4.69) is 127 Å². The van der Waals surface area contributed by atoms with Crippen molar-refractivity contribution < 1.29 is 46.5 Å². The summed E-state index contributed by atoms with van der Waals surface area (Å²) in [5, 5.41) is 0. The summed E-state index contributed by atoms with van der Waals surface area (Å²) in [5.74, 6) is 0.101. The standard InChI is InChI=1S/C29H21.C4H10N.2CH3.2ClH.H4Si.Ti/c1-5-13-22(14-6-1)26-21-27(23-15-7-2-8-16-23)29(25-19-11-4-12-20-25)28(26)24-17-9-3-10-18-24;1-4(2,3)5;;;;;;/h1-20,26H;5H,1-3H3;2*1H3;2*1H;1H4;/q4*-1;;;;+2/p-2. The predicted molar refractivity (Wildman–Crippen MR) is 170 cm³/mol. The number of hydrogen-bond donors (Lipinski definition) is 0. The van der Waals surface area contributed by atoms with Gasteiger partial charge >= 0.3 is 21.7 Å². The molecule has 1 N–H and O–H groups in total. The van der Waals surface area contributed by atoms with Gasteiger partial charge < -0.3 is 45.4 Å². The number of benzene rings is 4. The zero-order chi connectivity index (χ0) is 24.0. The molecule has 1 unspecified atom stereocenters. The van der Waals surface area contributed by atoms with E-state index in [1.807, 2.05) is 20.8 Å². The van der Waals surface area contributed by atoms with Crippen molar-refractivity contribution in [2.75, 3.05) is 0 Å². The van der Waals surface area contributed by atoms with Gasteiger partial charge in [-0.15, -0.1) is 28.8 Å². The van der Waals surface area contributed by atoms with Crippen LogP contribution >= 0.6 is 0 Å².